The second kappa shape index (κ2) is 13.9. The largest absolute Gasteiger partial charge is 0.335 e. The smallest absolute Gasteiger partial charge is 0.315 e. The number of hydrogen-bond donors (Lipinski definition) is 6. The lowest BCUT2D eigenvalue weighted by Gasteiger charge is -2.33. The van der Waals surface area contributed by atoms with Gasteiger partial charge >= 0.3 is 18.1 Å². The molecular formula is C27H48N6O3. The van der Waals surface area contributed by atoms with Gasteiger partial charge in [0.15, 0.2) is 0 Å². The Kier molecular flexibility index (Phi) is 10.4. The zero-order valence-electron chi connectivity index (χ0n) is 21.9. The van der Waals surface area contributed by atoms with Crippen molar-refractivity contribution >= 4 is 18.1 Å². The molecule has 36 heavy (non-hydrogen) atoms. The fourth-order valence-corrected chi connectivity index (χ4v) is 6.50. The fraction of sp³-hybridized carbons (Fsp3) is 0.889. The monoisotopic (exact) mass is 504 g/mol. The van der Waals surface area contributed by atoms with Gasteiger partial charge in [-0.15, -0.1) is 0 Å². The summed E-state index contributed by atoms with van der Waals surface area (Å²) in [6.07, 6.45) is 18.9. The number of nitrogens with one attached hydrogen (secondary N) is 6. The normalized spacial score (nSPS) is 30.0. The summed E-state index contributed by atoms with van der Waals surface area (Å²) in [5.41, 5.74) is 0. The number of rotatable bonds is 6. The van der Waals surface area contributed by atoms with Crippen molar-refractivity contribution in [3.05, 3.63) is 0 Å². The summed E-state index contributed by atoms with van der Waals surface area (Å²) in [7, 11) is 0. The standard InChI is InChI=1S/C27H48N6O3/c34-25(28-19-7-3-1-4-8-19)30-21-11-15-23(16-12-21)32-27(36)33-24-17-13-22(14-18-24)31-26(35)29-20-9-5-2-6-10-20/h19-24H,1-18H2,(H2,28,30,34)(H2,29,31,35)(H2,32,33,36). The van der Waals surface area contributed by atoms with Gasteiger partial charge in [-0.3, -0.25) is 0 Å². The number of amides is 6. The van der Waals surface area contributed by atoms with E-state index in [0.717, 1.165) is 77.0 Å². The molecule has 4 aliphatic carbocycles. The van der Waals surface area contributed by atoms with E-state index in [1.165, 1.54) is 38.5 Å². The summed E-state index contributed by atoms with van der Waals surface area (Å²) < 4.78 is 0. The first kappa shape index (κ1) is 26.9. The van der Waals surface area contributed by atoms with Crippen LogP contribution in [0.3, 0.4) is 0 Å². The second-order valence-corrected chi connectivity index (χ2v) is 11.6. The molecule has 0 aromatic heterocycles. The van der Waals surface area contributed by atoms with Crippen LogP contribution in [0.5, 0.6) is 0 Å². The van der Waals surface area contributed by atoms with Gasteiger partial charge in [0.2, 0.25) is 0 Å². The minimum absolute atomic E-state index is 0.0346. The first-order valence-electron chi connectivity index (χ1n) is 14.7. The minimum Gasteiger partial charge on any atom is -0.335 e. The van der Waals surface area contributed by atoms with Crippen LogP contribution in [0.15, 0.2) is 0 Å². The van der Waals surface area contributed by atoms with Crippen molar-refractivity contribution in [1.29, 1.82) is 0 Å². The first-order chi connectivity index (χ1) is 17.5. The van der Waals surface area contributed by atoms with Crippen LogP contribution in [0.2, 0.25) is 0 Å². The Bertz CT molecular complexity index is 648. The van der Waals surface area contributed by atoms with Gasteiger partial charge < -0.3 is 31.9 Å². The highest BCUT2D eigenvalue weighted by Crippen LogP contribution is 2.22. The third-order valence-corrected chi connectivity index (χ3v) is 8.68. The Labute approximate surface area is 216 Å². The van der Waals surface area contributed by atoms with Gasteiger partial charge in [0, 0.05) is 36.3 Å². The van der Waals surface area contributed by atoms with Crippen LogP contribution in [0.4, 0.5) is 14.4 Å². The van der Waals surface area contributed by atoms with Gasteiger partial charge in [-0.2, -0.15) is 0 Å². The predicted molar refractivity (Wildman–Crippen MR) is 141 cm³/mol. The molecule has 0 unspecified atom stereocenters. The average Bonchev–Trinajstić information content (AvgIpc) is 2.87. The Morgan fingerprint density at radius 1 is 0.306 bits per heavy atom. The highest BCUT2D eigenvalue weighted by molar-refractivity contribution is 5.75. The van der Waals surface area contributed by atoms with E-state index in [0.29, 0.717) is 12.1 Å². The summed E-state index contributed by atoms with van der Waals surface area (Å²) in [5.74, 6) is 0. The third-order valence-electron chi connectivity index (χ3n) is 8.68. The highest BCUT2D eigenvalue weighted by atomic mass is 16.2. The molecular weight excluding hydrogens is 456 g/mol. The van der Waals surface area contributed by atoms with Gasteiger partial charge in [-0.05, 0) is 77.0 Å². The number of carbonyl (C=O) groups excluding carboxylic acids is 3. The Morgan fingerprint density at radius 3 is 0.722 bits per heavy atom. The van der Waals surface area contributed by atoms with E-state index >= 15 is 0 Å². The minimum atomic E-state index is -0.0899. The van der Waals surface area contributed by atoms with Crippen LogP contribution in [0, 0.1) is 0 Å². The number of carbonyl (C=O) groups is 3. The molecule has 6 N–H and O–H groups in total. The quantitative estimate of drug-likeness (QED) is 0.325. The topological polar surface area (TPSA) is 123 Å². The van der Waals surface area contributed by atoms with Gasteiger partial charge in [-0.1, -0.05) is 38.5 Å². The molecule has 9 nitrogen and oxygen atoms in total. The zero-order chi connectivity index (χ0) is 25.2. The Hall–Kier alpha value is -2.19. The van der Waals surface area contributed by atoms with E-state index in [-0.39, 0.29) is 42.3 Å². The number of urea groups is 3. The maximum Gasteiger partial charge on any atom is 0.315 e. The van der Waals surface area contributed by atoms with Crippen molar-refractivity contribution in [2.24, 2.45) is 0 Å². The Balaban J connectivity index is 1.05. The molecule has 0 aromatic carbocycles. The molecule has 0 radical (unpaired) electrons. The predicted octanol–water partition coefficient (Wildman–Crippen LogP) is 4.17. The molecule has 0 aromatic rings. The molecule has 4 fully saturated rings. The van der Waals surface area contributed by atoms with Crippen LogP contribution in [0.25, 0.3) is 0 Å². The van der Waals surface area contributed by atoms with Crippen LogP contribution in [-0.2, 0) is 0 Å². The lowest BCUT2D eigenvalue weighted by atomic mass is 9.90. The van der Waals surface area contributed by atoms with Crippen molar-refractivity contribution in [2.45, 2.75) is 152 Å². The van der Waals surface area contributed by atoms with E-state index in [1.807, 2.05) is 0 Å². The molecule has 0 bridgehead atoms. The molecule has 204 valence electrons. The SMILES string of the molecule is O=C(NC1CCCCC1)NC1CCC(NC(=O)NC2CCC(NC(=O)NC3CCCCC3)CC2)CC1. The van der Waals surface area contributed by atoms with Crippen molar-refractivity contribution in [3.63, 3.8) is 0 Å². The molecule has 4 rings (SSSR count). The molecule has 4 saturated carbocycles. The van der Waals surface area contributed by atoms with Crippen LogP contribution in [-0.4, -0.2) is 54.3 Å². The zero-order valence-corrected chi connectivity index (χ0v) is 21.9. The van der Waals surface area contributed by atoms with Gasteiger partial charge in [0.25, 0.3) is 0 Å². The van der Waals surface area contributed by atoms with Crippen LogP contribution in [0.1, 0.15) is 116 Å². The molecule has 6 amide bonds. The lowest BCUT2D eigenvalue weighted by Crippen LogP contribution is -2.52. The molecule has 0 heterocycles. The van der Waals surface area contributed by atoms with Gasteiger partial charge in [-0.25, -0.2) is 14.4 Å². The lowest BCUT2D eigenvalue weighted by molar-refractivity contribution is 0.210. The average molecular weight is 505 g/mol. The third kappa shape index (κ3) is 9.04. The highest BCUT2D eigenvalue weighted by Gasteiger charge is 2.27. The van der Waals surface area contributed by atoms with Crippen LogP contribution >= 0.6 is 0 Å². The van der Waals surface area contributed by atoms with E-state index in [9.17, 15) is 14.4 Å². The molecule has 0 atom stereocenters. The molecule has 0 saturated heterocycles. The van der Waals surface area contributed by atoms with Crippen molar-refractivity contribution in [1.82, 2.24) is 31.9 Å². The maximum atomic E-state index is 12.6. The molecule has 4 aliphatic rings. The van der Waals surface area contributed by atoms with Gasteiger partial charge in [0.05, 0.1) is 0 Å². The molecule has 0 aliphatic heterocycles. The van der Waals surface area contributed by atoms with Crippen molar-refractivity contribution in [3.8, 4) is 0 Å². The molecule has 9 heteroatoms. The summed E-state index contributed by atoms with van der Waals surface area (Å²) in [6.45, 7) is 0. The maximum absolute atomic E-state index is 12.6. The van der Waals surface area contributed by atoms with E-state index < -0.39 is 0 Å². The van der Waals surface area contributed by atoms with Crippen molar-refractivity contribution in [2.75, 3.05) is 0 Å². The van der Waals surface area contributed by atoms with E-state index in [4.69, 9.17) is 0 Å². The molecule has 0 spiro atoms. The van der Waals surface area contributed by atoms with Gasteiger partial charge in [0.1, 0.15) is 0 Å². The summed E-state index contributed by atoms with van der Waals surface area (Å²) in [6, 6.07) is 1.18. The van der Waals surface area contributed by atoms with E-state index in [1.54, 1.807) is 0 Å². The summed E-state index contributed by atoms with van der Waals surface area (Å²) >= 11 is 0. The van der Waals surface area contributed by atoms with Crippen molar-refractivity contribution < 1.29 is 14.4 Å². The summed E-state index contributed by atoms with van der Waals surface area (Å²) in [4.78, 5) is 37.2. The number of hydrogen-bond acceptors (Lipinski definition) is 3. The first-order valence-corrected chi connectivity index (χ1v) is 14.7. The van der Waals surface area contributed by atoms with Crippen LogP contribution < -0.4 is 31.9 Å². The fourth-order valence-electron chi connectivity index (χ4n) is 6.50. The second-order valence-electron chi connectivity index (χ2n) is 11.6. The van der Waals surface area contributed by atoms with E-state index in [2.05, 4.69) is 31.9 Å². The Morgan fingerprint density at radius 2 is 0.500 bits per heavy atom. The summed E-state index contributed by atoms with van der Waals surface area (Å²) in [5, 5.41) is 18.8.